The van der Waals surface area contributed by atoms with Crippen molar-refractivity contribution in [1.29, 1.82) is 0 Å². The molecule has 11 heavy (non-hydrogen) atoms. The molecule has 0 spiro atoms. The van der Waals surface area contributed by atoms with E-state index in [1.54, 1.807) is 0 Å². The van der Waals surface area contributed by atoms with Crippen molar-refractivity contribution in [3.63, 3.8) is 0 Å². The van der Waals surface area contributed by atoms with Gasteiger partial charge in [-0.3, -0.25) is 0 Å². The summed E-state index contributed by atoms with van der Waals surface area (Å²) in [6, 6.07) is 0. The second-order valence-electron chi connectivity index (χ2n) is 3.08. The third-order valence-corrected chi connectivity index (χ3v) is 2.24. The maximum absolute atomic E-state index is 5.11. The number of hydrogen-bond acceptors (Lipinski definition) is 2. The van der Waals surface area contributed by atoms with Gasteiger partial charge in [0.1, 0.15) is 0 Å². The van der Waals surface area contributed by atoms with Gasteiger partial charge in [-0.15, -0.1) is 6.58 Å². The monoisotopic (exact) mass is 170 g/mol. The molecule has 1 fully saturated rings. The molecule has 0 aromatic carbocycles. The second kappa shape index (κ2) is 3.32. The molecule has 62 valence electrons. The molecule has 1 rings (SSSR count). The van der Waals surface area contributed by atoms with Crippen molar-refractivity contribution in [2.45, 2.75) is 18.9 Å². The van der Waals surface area contributed by atoms with E-state index >= 15 is 0 Å². The molecule has 2 nitrogen and oxygen atoms in total. The van der Waals surface area contributed by atoms with Crippen LogP contribution < -0.4 is 10.6 Å². The molecule has 1 heterocycles. The summed E-state index contributed by atoms with van der Waals surface area (Å²) in [5.74, 6) is 0. The molecule has 1 unspecified atom stereocenters. The molecule has 0 radical (unpaired) electrons. The van der Waals surface area contributed by atoms with E-state index in [0.717, 1.165) is 24.5 Å². The summed E-state index contributed by atoms with van der Waals surface area (Å²) in [6.07, 6.45) is 2.78. The van der Waals surface area contributed by atoms with E-state index in [0.29, 0.717) is 0 Å². The first kappa shape index (κ1) is 8.68. The van der Waals surface area contributed by atoms with E-state index in [2.05, 4.69) is 24.1 Å². The molecule has 0 bridgehead atoms. The van der Waals surface area contributed by atoms with Crippen molar-refractivity contribution >= 4 is 17.2 Å². The number of nitrogens with one attached hydrogen (secondary N) is 2. The van der Waals surface area contributed by atoms with Gasteiger partial charge in [0.15, 0.2) is 0 Å². The highest BCUT2D eigenvalue weighted by Crippen LogP contribution is 2.12. The molecule has 0 aromatic rings. The smallest absolute Gasteiger partial charge is 0.0775 e. The van der Waals surface area contributed by atoms with E-state index in [1.165, 1.54) is 0 Å². The molecule has 1 saturated heterocycles. The van der Waals surface area contributed by atoms with Crippen molar-refractivity contribution in [1.82, 2.24) is 10.6 Å². The second-order valence-corrected chi connectivity index (χ2v) is 3.57. The summed E-state index contributed by atoms with van der Waals surface area (Å²) in [7, 11) is 0. The minimum atomic E-state index is -0.0133. The highest BCUT2D eigenvalue weighted by Gasteiger charge is 2.23. The lowest BCUT2D eigenvalue weighted by Gasteiger charge is -2.24. The standard InChI is InChI=1S/C8H14N2S/c1-3-8(2)6-7(11)9-4-5-10-8/h3,10H,1,4-6H2,2H3,(H,9,11). The summed E-state index contributed by atoms with van der Waals surface area (Å²) in [6.45, 7) is 7.76. The fourth-order valence-corrected chi connectivity index (χ4v) is 1.55. The van der Waals surface area contributed by atoms with Crippen LogP contribution >= 0.6 is 12.2 Å². The Hall–Kier alpha value is -0.410. The van der Waals surface area contributed by atoms with E-state index in [9.17, 15) is 0 Å². The maximum Gasteiger partial charge on any atom is 0.0775 e. The molecule has 0 aromatic heterocycles. The molecule has 1 aliphatic rings. The van der Waals surface area contributed by atoms with Crippen molar-refractivity contribution in [3.8, 4) is 0 Å². The van der Waals surface area contributed by atoms with Crippen LogP contribution in [0.1, 0.15) is 13.3 Å². The largest absolute Gasteiger partial charge is 0.378 e. The maximum atomic E-state index is 5.11. The minimum Gasteiger partial charge on any atom is -0.378 e. The fraction of sp³-hybridized carbons (Fsp3) is 0.625. The van der Waals surface area contributed by atoms with Gasteiger partial charge in [-0.05, 0) is 6.92 Å². The highest BCUT2D eigenvalue weighted by molar-refractivity contribution is 7.80. The molecule has 2 N–H and O–H groups in total. The zero-order valence-electron chi connectivity index (χ0n) is 6.81. The summed E-state index contributed by atoms with van der Waals surface area (Å²) in [5.41, 5.74) is -0.0133. The Kier molecular flexibility index (Phi) is 2.62. The number of hydrogen-bond donors (Lipinski definition) is 2. The van der Waals surface area contributed by atoms with Gasteiger partial charge in [0, 0.05) is 25.0 Å². The first-order valence-electron chi connectivity index (χ1n) is 3.82. The Bertz CT molecular complexity index is 179. The fourth-order valence-electron chi connectivity index (χ4n) is 1.15. The SMILES string of the molecule is C=CC1(C)CC(=S)NCCN1. The number of rotatable bonds is 1. The first-order valence-corrected chi connectivity index (χ1v) is 4.22. The van der Waals surface area contributed by atoms with Crippen LogP contribution in [-0.4, -0.2) is 23.6 Å². The normalized spacial score (nSPS) is 32.3. The van der Waals surface area contributed by atoms with Gasteiger partial charge in [0.25, 0.3) is 0 Å². The molecule has 0 amide bonds. The van der Waals surface area contributed by atoms with Gasteiger partial charge >= 0.3 is 0 Å². The Morgan fingerprint density at radius 1 is 1.64 bits per heavy atom. The lowest BCUT2D eigenvalue weighted by atomic mass is 9.99. The average Bonchev–Trinajstić information content (AvgIpc) is 2.13. The quantitative estimate of drug-likeness (QED) is 0.450. The summed E-state index contributed by atoms with van der Waals surface area (Å²) in [4.78, 5) is 0.928. The van der Waals surface area contributed by atoms with Crippen molar-refractivity contribution < 1.29 is 0 Å². The minimum absolute atomic E-state index is 0.0133. The lowest BCUT2D eigenvalue weighted by Crippen LogP contribution is -2.40. The van der Waals surface area contributed by atoms with Crippen molar-refractivity contribution in [2.24, 2.45) is 0 Å². The molecule has 1 atom stereocenters. The molecule has 0 saturated carbocycles. The van der Waals surface area contributed by atoms with Gasteiger partial charge < -0.3 is 10.6 Å². The topological polar surface area (TPSA) is 24.1 Å². The Morgan fingerprint density at radius 3 is 3.00 bits per heavy atom. The lowest BCUT2D eigenvalue weighted by molar-refractivity contribution is 0.471. The van der Waals surface area contributed by atoms with Crippen molar-refractivity contribution in [2.75, 3.05) is 13.1 Å². The van der Waals surface area contributed by atoms with Crippen LogP contribution in [0.25, 0.3) is 0 Å². The van der Waals surface area contributed by atoms with Crippen LogP contribution in [0, 0.1) is 0 Å². The van der Waals surface area contributed by atoms with E-state index in [4.69, 9.17) is 12.2 Å². The summed E-state index contributed by atoms with van der Waals surface area (Å²) < 4.78 is 0. The summed E-state index contributed by atoms with van der Waals surface area (Å²) in [5, 5.41) is 6.53. The Balaban J connectivity index is 2.65. The molecule has 3 heteroatoms. The zero-order chi connectivity index (χ0) is 8.32. The van der Waals surface area contributed by atoms with E-state index < -0.39 is 0 Å². The Morgan fingerprint density at radius 2 is 2.36 bits per heavy atom. The van der Waals surface area contributed by atoms with Crippen LogP contribution in [-0.2, 0) is 0 Å². The third-order valence-electron chi connectivity index (χ3n) is 1.95. The van der Waals surface area contributed by atoms with Crippen LogP contribution in [0.5, 0.6) is 0 Å². The molecular formula is C8H14N2S. The highest BCUT2D eigenvalue weighted by atomic mass is 32.1. The van der Waals surface area contributed by atoms with Crippen LogP contribution in [0.3, 0.4) is 0 Å². The molecule has 1 aliphatic heterocycles. The van der Waals surface area contributed by atoms with Crippen LogP contribution in [0.4, 0.5) is 0 Å². The first-order chi connectivity index (χ1) is 5.16. The zero-order valence-corrected chi connectivity index (χ0v) is 7.63. The van der Waals surface area contributed by atoms with Crippen molar-refractivity contribution in [3.05, 3.63) is 12.7 Å². The van der Waals surface area contributed by atoms with Crippen LogP contribution in [0.2, 0.25) is 0 Å². The predicted molar refractivity (Wildman–Crippen MR) is 51.8 cm³/mol. The molecular weight excluding hydrogens is 156 g/mol. The van der Waals surface area contributed by atoms with Gasteiger partial charge in [0.05, 0.1) is 4.99 Å². The predicted octanol–water partition coefficient (Wildman–Crippen LogP) is 0.841. The summed E-state index contributed by atoms with van der Waals surface area (Å²) >= 11 is 5.11. The van der Waals surface area contributed by atoms with Gasteiger partial charge in [-0.25, -0.2) is 0 Å². The van der Waals surface area contributed by atoms with Gasteiger partial charge in [-0.1, -0.05) is 18.3 Å². The third kappa shape index (κ3) is 2.27. The van der Waals surface area contributed by atoms with Crippen LogP contribution in [0.15, 0.2) is 12.7 Å². The number of thiocarbonyl (C=S) groups is 1. The van der Waals surface area contributed by atoms with E-state index in [1.807, 2.05) is 6.08 Å². The van der Waals surface area contributed by atoms with Gasteiger partial charge in [-0.2, -0.15) is 0 Å². The van der Waals surface area contributed by atoms with E-state index in [-0.39, 0.29) is 5.54 Å². The Labute approximate surface area is 73.1 Å². The molecule has 0 aliphatic carbocycles. The van der Waals surface area contributed by atoms with Gasteiger partial charge in [0.2, 0.25) is 0 Å². The average molecular weight is 170 g/mol.